The molecular weight excluding hydrogens is 166 g/mol. The van der Waals surface area contributed by atoms with E-state index in [0.29, 0.717) is 5.06 Å². The molecule has 6 heteroatoms. The Morgan fingerprint density at radius 3 is 2.67 bits per heavy atom. The normalized spacial score (nSPS) is 37.2. The largest absolute Gasteiger partial charge is 0.393 e. The number of aliphatic hydroxyl groups is 3. The fourth-order valence-electron chi connectivity index (χ4n) is 1.12. The van der Waals surface area contributed by atoms with Gasteiger partial charge < -0.3 is 15.3 Å². The van der Waals surface area contributed by atoms with Crippen molar-refractivity contribution in [2.75, 3.05) is 13.2 Å². The molecule has 1 saturated heterocycles. The fourth-order valence-corrected chi connectivity index (χ4v) is 1.12. The van der Waals surface area contributed by atoms with E-state index in [1.165, 1.54) is 0 Å². The van der Waals surface area contributed by atoms with E-state index < -0.39 is 24.2 Å². The first-order chi connectivity index (χ1) is 5.52. The number of nitrogens with zero attached hydrogens (tertiary/aromatic N) is 1. The summed E-state index contributed by atoms with van der Waals surface area (Å²) in [6.07, 6.45) is -1.28. The molecule has 0 bridgehead atoms. The summed E-state index contributed by atoms with van der Waals surface area (Å²) in [6, 6.07) is 0. The van der Waals surface area contributed by atoms with Crippen LogP contribution in [0.25, 0.3) is 0 Å². The average molecular weight is 177 g/mol. The molecule has 0 aromatic heterocycles. The highest BCUT2D eigenvalue weighted by Gasteiger charge is 2.48. The maximum absolute atomic E-state index is 11.0. The number of hydroxylamine groups is 2. The summed E-state index contributed by atoms with van der Waals surface area (Å²) >= 11 is 0. The Kier molecular flexibility index (Phi) is 2.34. The quantitative estimate of drug-likeness (QED) is 0.337. The molecule has 1 aliphatic rings. The van der Waals surface area contributed by atoms with Crippen LogP contribution >= 0.6 is 0 Å². The fraction of sp³-hybridized carbons (Fsp3) is 0.833. The minimum absolute atomic E-state index is 0.0394. The van der Waals surface area contributed by atoms with Crippen LogP contribution < -0.4 is 0 Å². The Labute approximate surface area is 68.6 Å². The summed E-state index contributed by atoms with van der Waals surface area (Å²) in [5, 5.41) is 36.3. The predicted octanol–water partition coefficient (Wildman–Crippen LogP) is -2.31. The Bertz CT molecular complexity index is 196. The zero-order chi connectivity index (χ0) is 9.35. The van der Waals surface area contributed by atoms with Gasteiger partial charge in [-0.25, -0.2) is 5.06 Å². The van der Waals surface area contributed by atoms with Crippen LogP contribution in [-0.2, 0) is 4.79 Å². The molecule has 2 atom stereocenters. The first-order valence-electron chi connectivity index (χ1n) is 3.54. The molecular formula is C6H11NO5. The minimum Gasteiger partial charge on any atom is -0.393 e. The number of aliphatic hydroxyl groups excluding tert-OH is 2. The van der Waals surface area contributed by atoms with E-state index in [1.807, 2.05) is 0 Å². The van der Waals surface area contributed by atoms with Crippen molar-refractivity contribution in [3.63, 3.8) is 0 Å². The van der Waals surface area contributed by atoms with Crippen LogP contribution in [0.1, 0.15) is 6.42 Å². The molecule has 0 aromatic carbocycles. The summed E-state index contributed by atoms with van der Waals surface area (Å²) in [7, 11) is 0. The van der Waals surface area contributed by atoms with Gasteiger partial charge in [0.25, 0.3) is 5.91 Å². The standard InChI is InChI=1S/C6H11NO5/c8-3-6(11)4(9)1-2-7(12)5(6)10/h4,8-9,11-12H,1-3H2. The Hall–Kier alpha value is -0.690. The lowest BCUT2D eigenvalue weighted by molar-refractivity contribution is -0.218. The van der Waals surface area contributed by atoms with Crippen molar-refractivity contribution in [2.45, 2.75) is 18.1 Å². The SMILES string of the molecule is O=C1N(O)CCC(O)C1(O)CO. The lowest BCUT2D eigenvalue weighted by Crippen LogP contribution is -2.62. The molecule has 0 saturated carbocycles. The van der Waals surface area contributed by atoms with E-state index in [9.17, 15) is 9.90 Å². The molecule has 1 fully saturated rings. The van der Waals surface area contributed by atoms with E-state index >= 15 is 0 Å². The van der Waals surface area contributed by atoms with Gasteiger partial charge in [-0.05, 0) is 6.42 Å². The summed E-state index contributed by atoms with van der Waals surface area (Å²) in [6.45, 7) is -0.938. The molecule has 0 aromatic rings. The molecule has 0 spiro atoms. The van der Waals surface area contributed by atoms with Crippen LogP contribution in [-0.4, -0.2) is 56.4 Å². The molecule has 0 aliphatic carbocycles. The van der Waals surface area contributed by atoms with E-state index in [2.05, 4.69) is 0 Å². The van der Waals surface area contributed by atoms with Crippen LogP contribution in [0.15, 0.2) is 0 Å². The summed E-state index contributed by atoms with van der Waals surface area (Å²) in [5.74, 6) is -1.07. The number of hydrogen-bond donors (Lipinski definition) is 4. The van der Waals surface area contributed by atoms with Crippen molar-refractivity contribution in [2.24, 2.45) is 0 Å². The zero-order valence-corrected chi connectivity index (χ0v) is 6.34. The second kappa shape index (κ2) is 2.98. The molecule has 2 unspecified atom stereocenters. The highest BCUT2D eigenvalue weighted by atomic mass is 16.5. The highest BCUT2D eigenvalue weighted by Crippen LogP contribution is 2.21. The molecule has 6 nitrogen and oxygen atoms in total. The van der Waals surface area contributed by atoms with Crippen molar-refractivity contribution in [1.82, 2.24) is 5.06 Å². The lowest BCUT2D eigenvalue weighted by atomic mass is 9.91. The number of piperidine rings is 1. The van der Waals surface area contributed by atoms with Gasteiger partial charge in [-0.15, -0.1) is 0 Å². The number of carbonyl (C=O) groups excluding carboxylic acids is 1. The average Bonchev–Trinajstić information content (AvgIpc) is 2.08. The Balaban J connectivity index is 2.86. The zero-order valence-electron chi connectivity index (χ0n) is 6.34. The van der Waals surface area contributed by atoms with Crippen molar-refractivity contribution in [1.29, 1.82) is 0 Å². The van der Waals surface area contributed by atoms with Gasteiger partial charge in [0.05, 0.1) is 19.3 Å². The third-order valence-electron chi connectivity index (χ3n) is 2.01. The smallest absolute Gasteiger partial charge is 0.283 e. The molecule has 1 amide bonds. The molecule has 0 radical (unpaired) electrons. The van der Waals surface area contributed by atoms with Crippen LogP contribution in [0.4, 0.5) is 0 Å². The Morgan fingerprint density at radius 1 is 1.67 bits per heavy atom. The number of rotatable bonds is 1. The van der Waals surface area contributed by atoms with Gasteiger partial charge in [-0.2, -0.15) is 0 Å². The predicted molar refractivity (Wildman–Crippen MR) is 36.2 cm³/mol. The minimum atomic E-state index is -2.24. The van der Waals surface area contributed by atoms with Gasteiger partial charge >= 0.3 is 0 Å². The monoisotopic (exact) mass is 177 g/mol. The third-order valence-corrected chi connectivity index (χ3v) is 2.01. The summed E-state index contributed by atoms with van der Waals surface area (Å²) < 4.78 is 0. The van der Waals surface area contributed by atoms with Gasteiger partial charge in [0, 0.05) is 0 Å². The molecule has 70 valence electrons. The first-order valence-corrected chi connectivity index (χ1v) is 3.54. The lowest BCUT2D eigenvalue weighted by Gasteiger charge is -2.37. The van der Waals surface area contributed by atoms with Crippen molar-refractivity contribution < 1.29 is 25.3 Å². The molecule has 1 rings (SSSR count). The maximum atomic E-state index is 11.0. The van der Waals surface area contributed by atoms with E-state index in [-0.39, 0.29) is 13.0 Å². The molecule has 12 heavy (non-hydrogen) atoms. The van der Waals surface area contributed by atoms with Crippen molar-refractivity contribution in [3.05, 3.63) is 0 Å². The van der Waals surface area contributed by atoms with Crippen molar-refractivity contribution in [3.8, 4) is 0 Å². The van der Waals surface area contributed by atoms with Gasteiger partial charge in [0.15, 0.2) is 5.60 Å². The summed E-state index contributed by atoms with van der Waals surface area (Å²) in [5.41, 5.74) is -2.24. The highest BCUT2D eigenvalue weighted by molar-refractivity contribution is 5.85. The van der Waals surface area contributed by atoms with Crippen LogP contribution in [0.2, 0.25) is 0 Å². The van der Waals surface area contributed by atoms with Crippen LogP contribution in [0.5, 0.6) is 0 Å². The van der Waals surface area contributed by atoms with E-state index in [0.717, 1.165) is 0 Å². The number of carbonyl (C=O) groups is 1. The second-order valence-corrected chi connectivity index (χ2v) is 2.82. The molecule has 1 heterocycles. The number of hydrogen-bond acceptors (Lipinski definition) is 5. The topological polar surface area (TPSA) is 101 Å². The Morgan fingerprint density at radius 2 is 2.25 bits per heavy atom. The maximum Gasteiger partial charge on any atom is 0.283 e. The number of amides is 1. The second-order valence-electron chi connectivity index (χ2n) is 2.82. The van der Waals surface area contributed by atoms with E-state index in [1.54, 1.807) is 0 Å². The van der Waals surface area contributed by atoms with Crippen LogP contribution in [0, 0.1) is 0 Å². The third kappa shape index (κ3) is 1.18. The van der Waals surface area contributed by atoms with Gasteiger partial charge in [-0.1, -0.05) is 0 Å². The van der Waals surface area contributed by atoms with Crippen LogP contribution in [0.3, 0.4) is 0 Å². The van der Waals surface area contributed by atoms with Gasteiger partial charge in [0.2, 0.25) is 0 Å². The first kappa shape index (κ1) is 9.40. The molecule has 1 aliphatic heterocycles. The van der Waals surface area contributed by atoms with E-state index in [4.69, 9.17) is 15.4 Å². The van der Waals surface area contributed by atoms with Gasteiger partial charge in [-0.3, -0.25) is 10.0 Å². The van der Waals surface area contributed by atoms with Crippen molar-refractivity contribution >= 4 is 5.91 Å². The summed E-state index contributed by atoms with van der Waals surface area (Å²) in [4.78, 5) is 11.0. The van der Waals surface area contributed by atoms with Gasteiger partial charge in [0.1, 0.15) is 0 Å². The molecule has 4 N–H and O–H groups in total.